The maximum Gasteiger partial charge on any atom is 0.355 e. The van der Waals surface area contributed by atoms with Crippen LogP contribution in [0.15, 0.2) is 23.6 Å². The lowest BCUT2D eigenvalue weighted by Gasteiger charge is -2.03. The average molecular weight is 277 g/mol. The van der Waals surface area contributed by atoms with E-state index in [-0.39, 0.29) is 17.2 Å². The van der Waals surface area contributed by atoms with E-state index in [0.717, 1.165) is 22.7 Å². The number of carbonyl (C=O) groups is 2. The molecule has 0 saturated carbocycles. The number of hydrogen-bond donors (Lipinski definition) is 2. The Bertz CT molecular complexity index is 624. The normalized spacial score (nSPS) is 10.2. The van der Waals surface area contributed by atoms with Crippen molar-refractivity contribution in [1.29, 1.82) is 0 Å². The van der Waals surface area contributed by atoms with E-state index in [1.165, 1.54) is 5.38 Å². The van der Waals surface area contributed by atoms with Gasteiger partial charge in [0.2, 0.25) is 0 Å². The van der Waals surface area contributed by atoms with Gasteiger partial charge in [-0.1, -0.05) is 6.07 Å². The number of aromatic nitrogens is 2. The van der Waals surface area contributed by atoms with Crippen molar-refractivity contribution in [2.75, 3.05) is 0 Å². The van der Waals surface area contributed by atoms with Gasteiger partial charge in [-0.15, -0.1) is 11.3 Å². The summed E-state index contributed by atoms with van der Waals surface area (Å²) in [5, 5.41) is 12.8. The molecule has 2 N–H and O–H groups in total. The minimum atomic E-state index is -1.14. The molecule has 0 unspecified atom stereocenters. The van der Waals surface area contributed by atoms with Gasteiger partial charge in [0.1, 0.15) is 0 Å². The van der Waals surface area contributed by atoms with Crippen LogP contribution in [0.4, 0.5) is 0 Å². The molecule has 0 radical (unpaired) electrons. The lowest BCUT2D eigenvalue weighted by molar-refractivity contribution is 0.0691. The Kier molecular flexibility index (Phi) is 3.86. The molecule has 0 aliphatic carbocycles. The number of pyridine rings is 1. The first-order chi connectivity index (χ1) is 9.06. The van der Waals surface area contributed by atoms with Gasteiger partial charge in [-0.2, -0.15) is 0 Å². The number of carboxylic acids is 1. The first kappa shape index (κ1) is 13.2. The average Bonchev–Trinajstić information content (AvgIpc) is 2.86. The van der Waals surface area contributed by atoms with Crippen LogP contribution in [0.3, 0.4) is 0 Å². The van der Waals surface area contributed by atoms with Gasteiger partial charge in [0, 0.05) is 11.1 Å². The molecule has 2 rings (SSSR count). The maximum atomic E-state index is 11.8. The zero-order valence-corrected chi connectivity index (χ0v) is 10.9. The van der Waals surface area contributed by atoms with Crippen molar-refractivity contribution in [2.45, 2.75) is 13.5 Å². The van der Waals surface area contributed by atoms with Crippen molar-refractivity contribution in [3.05, 3.63) is 45.7 Å². The highest BCUT2D eigenvalue weighted by atomic mass is 32.1. The van der Waals surface area contributed by atoms with Crippen LogP contribution in [-0.2, 0) is 6.54 Å². The van der Waals surface area contributed by atoms with E-state index in [1.807, 2.05) is 19.1 Å². The molecule has 7 heteroatoms. The highest BCUT2D eigenvalue weighted by molar-refractivity contribution is 7.11. The zero-order chi connectivity index (χ0) is 13.8. The van der Waals surface area contributed by atoms with Crippen molar-refractivity contribution in [1.82, 2.24) is 15.3 Å². The summed E-state index contributed by atoms with van der Waals surface area (Å²) in [4.78, 5) is 30.4. The van der Waals surface area contributed by atoms with Crippen LogP contribution in [0.5, 0.6) is 0 Å². The van der Waals surface area contributed by atoms with E-state index in [2.05, 4.69) is 15.3 Å². The molecule has 2 aromatic heterocycles. The Morgan fingerprint density at radius 3 is 2.79 bits per heavy atom. The molecule has 2 heterocycles. The third-order valence-electron chi connectivity index (χ3n) is 2.29. The fraction of sp³-hybridized carbons (Fsp3) is 0.167. The summed E-state index contributed by atoms with van der Waals surface area (Å²) in [5.74, 6) is -1.54. The predicted molar refractivity (Wildman–Crippen MR) is 69.2 cm³/mol. The van der Waals surface area contributed by atoms with Gasteiger partial charge in [0.05, 0.1) is 12.2 Å². The molecule has 6 nitrogen and oxygen atoms in total. The largest absolute Gasteiger partial charge is 0.476 e. The number of aromatic carboxylic acids is 1. The number of thiazole rings is 1. The molecular formula is C12H11N3O3S. The molecule has 0 aliphatic heterocycles. The summed E-state index contributed by atoms with van der Waals surface area (Å²) in [6.07, 6.45) is 0. The standard InChI is InChI=1S/C12H11N3O3S/c1-7-3-2-4-8(14-7)5-13-10(16)11-15-9(6-19-11)12(17)18/h2-4,6H,5H2,1H3,(H,13,16)(H,17,18). The van der Waals surface area contributed by atoms with E-state index in [1.54, 1.807) is 6.07 Å². The summed E-state index contributed by atoms with van der Waals surface area (Å²) in [5.41, 5.74) is 1.49. The Labute approximate surface area is 113 Å². The number of nitrogens with one attached hydrogen (secondary N) is 1. The van der Waals surface area contributed by atoms with Gasteiger partial charge < -0.3 is 10.4 Å². The van der Waals surface area contributed by atoms with Crippen molar-refractivity contribution in [3.63, 3.8) is 0 Å². The van der Waals surface area contributed by atoms with Crippen LogP contribution in [-0.4, -0.2) is 27.0 Å². The molecule has 2 aromatic rings. The molecule has 0 fully saturated rings. The lowest BCUT2D eigenvalue weighted by Crippen LogP contribution is -2.23. The van der Waals surface area contributed by atoms with Gasteiger partial charge in [-0.3, -0.25) is 9.78 Å². The number of amides is 1. The minimum absolute atomic E-state index is 0.121. The van der Waals surface area contributed by atoms with Crippen molar-refractivity contribution >= 4 is 23.2 Å². The Morgan fingerprint density at radius 1 is 1.37 bits per heavy atom. The second kappa shape index (κ2) is 5.57. The molecule has 0 atom stereocenters. The highest BCUT2D eigenvalue weighted by Gasteiger charge is 2.14. The van der Waals surface area contributed by atoms with E-state index in [9.17, 15) is 9.59 Å². The monoisotopic (exact) mass is 277 g/mol. The summed E-state index contributed by atoms with van der Waals surface area (Å²) < 4.78 is 0. The molecule has 0 spiro atoms. The number of aryl methyl sites for hydroxylation is 1. The molecule has 98 valence electrons. The Morgan fingerprint density at radius 2 is 2.16 bits per heavy atom. The SMILES string of the molecule is Cc1cccc(CNC(=O)c2nc(C(=O)O)cs2)n1. The quantitative estimate of drug-likeness (QED) is 0.883. The fourth-order valence-corrected chi connectivity index (χ4v) is 2.13. The van der Waals surface area contributed by atoms with Gasteiger partial charge in [0.25, 0.3) is 5.91 Å². The van der Waals surface area contributed by atoms with Crippen molar-refractivity contribution < 1.29 is 14.7 Å². The lowest BCUT2D eigenvalue weighted by atomic mass is 10.3. The molecule has 1 amide bonds. The molecule has 0 bridgehead atoms. The molecule has 0 aliphatic rings. The topological polar surface area (TPSA) is 92.2 Å². The molecular weight excluding hydrogens is 266 g/mol. The number of carboxylic acid groups (broad SMARTS) is 1. The van der Waals surface area contributed by atoms with Crippen LogP contribution in [0.1, 0.15) is 31.7 Å². The fourth-order valence-electron chi connectivity index (χ4n) is 1.42. The minimum Gasteiger partial charge on any atom is -0.476 e. The third kappa shape index (κ3) is 3.35. The van der Waals surface area contributed by atoms with Crippen LogP contribution >= 0.6 is 11.3 Å². The van der Waals surface area contributed by atoms with E-state index >= 15 is 0 Å². The Hall–Kier alpha value is -2.28. The van der Waals surface area contributed by atoms with Crippen molar-refractivity contribution in [3.8, 4) is 0 Å². The maximum absolute atomic E-state index is 11.8. The van der Waals surface area contributed by atoms with E-state index in [4.69, 9.17) is 5.11 Å². The predicted octanol–water partition coefficient (Wildman–Crippen LogP) is 1.47. The Balaban J connectivity index is 1.99. The van der Waals surface area contributed by atoms with Crippen LogP contribution in [0, 0.1) is 6.92 Å². The van der Waals surface area contributed by atoms with E-state index < -0.39 is 11.9 Å². The van der Waals surface area contributed by atoms with Gasteiger partial charge in [-0.05, 0) is 19.1 Å². The zero-order valence-electron chi connectivity index (χ0n) is 10.1. The van der Waals surface area contributed by atoms with Crippen molar-refractivity contribution in [2.24, 2.45) is 0 Å². The second-order valence-electron chi connectivity index (χ2n) is 3.80. The second-order valence-corrected chi connectivity index (χ2v) is 4.65. The summed E-state index contributed by atoms with van der Waals surface area (Å²) in [6, 6.07) is 5.53. The van der Waals surface area contributed by atoms with E-state index in [0.29, 0.717) is 0 Å². The van der Waals surface area contributed by atoms with Gasteiger partial charge in [0.15, 0.2) is 10.7 Å². The summed E-state index contributed by atoms with van der Waals surface area (Å²) in [7, 11) is 0. The summed E-state index contributed by atoms with van der Waals surface area (Å²) in [6.45, 7) is 2.15. The van der Waals surface area contributed by atoms with Crippen LogP contribution in [0.25, 0.3) is 0 Å². The van der Waals surface area contributed by atoms with Gasteiger partial charge >= 0.3 is 5.97 Å². The van der Waals surface area contributed by atoms with Crippen LogP contribution < -0.4 is 5.32 Å². The molecule has 19 heavy (non-hydrogen) atoms. The summed E-state index contributed by atoms with van der Waals surface area (Å²) >= 11 is 1.000. The number of carbonyl (C=O) groups excluding carboxylic acids is 1. The molecule has 0 saturated heterocycles. The smallest absolute Gasteiger partial charge is 0.355 e. The number of nitrogens with zero attached hydrogens (tertiary/aromatic N) is 2. The van der Waals surface area contributed by atoms with Gasteiger partial charge in [-0.25, -0.2) is 9.78 Å². The number of rotatable bonds is 4. The highest BCUT2D eigenvalue weighted by Crippen LogP contribution is 2.09. The van der Waals surface area contributed by atoms with Crippen LogP contribution in [0.2, 0.25) is 0 Å². The molecule has 0 aromatic carbocycles. The third-order valence-corrected chi connectivity index (χ3v) is 3.13. The first-order valence-corrected chi connectivity index (χ1v) is 6.34. The first-order valence-electron chi connectivity index (χ1n) is 5.46. The number of hydrogen-bond acceptors (Lipinski definition) is 5.